The summed E-state index contributed by atoms with van der Waals surface area (Å²) in [4.78, 5) is 14.9. The minimum absolute atomic E-state index is 0.0131. The molecule has 0 aliphatic carbocycles. The Morgan fingerprint density at radius 2 is 1.90 bits per heavy atom. The fraction of sp³-hybridized carbons (Fsp3) is 0.458. The van der Waals surface area contributed by atoms with E-state index in [1.807, 2.05) is 47.4 Å². The second-order valence-electron chi connectivity index (χ2n) is 8.23. The summed E-state index contributed by atoms with van der Waals surface area (Å²) in [7, 11) is 0. The van der Waals surface area contributed by atoms with Crippen LogP contribution < -0.4 is 15.4 Å². The number of amides is 2. The highest BCUT2D eigenvalue weighted by Gasteiger charge is 2.21. The van der Waals surface area contributed by atoms with Gasteiger partial charge in [0.15, 0.2) is 0 Å². The number of ether oxygens (including phenoxy) is 1. The van der Waals surface area contributed by atoms with Crippen LogP contribution in [0.5, 0.6) is 5.75 Å². The van der Waals surface area contributed by atoms with Crippen molar-refractivity contribution in [3.8, 4) is 5.75 Å². The molecule has 0 radical (unpaired) electrons. The van der Waals surface area contributed by atoms with Crippen molar-refractivity contribution in [3.05, 3.63) is 65.7 Å². The van der Waals surface area contributed by atoms with E-state index in [1.165, 1.54) is 0 Å². The van der Waals surface area contributed by atoms with Gasteiger partial charge in [-0.2, -0.15) is 0 Å². The SMILES string of the molecule is CC(C)COc1ccc(CNC(=O)N(Cc2ccccc2)C[C@H]2CCNC2)cc1. The van der Waals surface area contributed by atoms with Gasteiger partial charge in [-0.25, -0.2) is 4.79 Å². The molecule has 1 fully saturated rings. The van der Waals surface area contributed by atoms with Crippen molar-refractivity contribution in [2.45, 2.75) is 33.4 Å². The molecule has 0 spiro atoms. The topological polar surface area (TPSA) is 53.6 Å². The Balaban J connectivity index is 1.55. The fourth-order valence-electron chi connectivity index (χ4n) is 3.46. The summed E-state index contributed by atoms with van der Waals surface area (Å²) >= 11 is 0. The van der Waals surface area contributed by atoms with Crippen LogP contribution in [0.1, 0.15) is 31.4 Å². The highest BCUT2D eigenvalue weighted by Crippen LogP contribution is 2.15. The van der Waals surface area contributed by atoms with E-state index in [4.69, 9.17) is 4.74 Å². The van der Waals surface area contributed by atoms with Crippen LogP contribution in [0.25, 0.3) is 0 Å². The van der Waals surface area contributed by atoms with Crippen LogP contribution in [0.3, 0.4) is 0 Å². The quantitative estimate of drug-likeness (QED) is 0.674. The van der Waals surface area contributed by atoms with Gasteiger partial charge in [0, 0.05) is 19.6 Å². The molecule has 2 amide bonds. The minimum atomic E-state index is -0.0131. The smallest absolute Gasteiger partial charge is 0.317 e. The first kappa shape index (κ1) is 21.2. The summed E-state index contributed by atoms with van der Waals surface area (Å²) in [5, 5.41) is 6.48. The number of rotatable bonds is 9. The number of nitrogens with zero attached hydrogens (tertiary/aromatic N) is 1. The van der Waals surface area contributed by atoms with E-state index in [0.29, 0.717) is 31.5 Å². The van der Waals surface area contributed by atoms with Crippen LogP contribution in [0.15, 0.2) is 54.6 Å². The summed E-state index contributed by atoms with van der Waals surface area (Å²) in [5.74, 6) is 1.88. The molecule has 0 unspecified atom stereocenters. The third-order valence-electron chi connectivity index (χ3n) is 5.09. The van der Waals surface area contributed by atoms with E-state index in [0.717, 1.165) is 42.9 Å². The molecule has 5 heteroatoms. The molecule has 2 aromatic carbocycles. The molecule has 5 nitrogen and oxygen atoms in total. The molecule has 29 heavy (non-hydrogen) atoms. The second-order valence-corrected chi connectivity index (χ2v) is 8.23. The molecular weight excluding hydrogens is 362 g/mol. The monoisotopic (exact) mass is 395 g/mol. The minimum Gasteiger partial charge on any atom is -0.493 e. The predicted octanol–water partition coefficient (Wildman–Crippen LogP) is 4.04. The van der Waals surface area contributed by atoms with E-state index < -0.39 is 0 Å². The number of carbonyl (C=O) groups is 1. The van der Waals surface area contributed by atoms with Gasteiger partial charge in [0.2, 0.25) is 0 Å². The average Bonchev–Trinajstić information content (AvgIpc) is 3.24. The third kappa shape index (κ3) is 7.09. The van der Waals surface area contributed by atoms with Crippen molar-refractivity contribution in [2.75, 3.05) is 26.2 Å². The maximum atomic E-state index is 12.9. The molecule has 0 aromatic heterocycles. The zero-order chi connectivity index (χ0) is 20.5. The van der Waals surface area contributed by atoms with Crippen molar-refractivity contribution < 1.29 is 9.53 Å². The second kappa shape index (κ2) is 10.9. The molecule has 1 aliphatic heterocycles. The van der Waals surface area contributed by atoms with Crippen molar-refractivity contribution >= 4 is 6.03 Å². The van der Waals surface area contributed by atoms with Gasteiger partial charge < -0.3 is 20.3 Å². The summed E-state index contributed by atoms with van der Waals surface area (Å²) < 4.78 is 5.73. The van der Waals surface area contributed by atoms with E-state index in [-0.39, 0.29) is 6.03 Å². The zero-order valence-corrected chi connectivity index (χ0v) is 17.6. The van der Waals surface area contributed by atoms with Crippen LogP contribution >= 0.6 is 0 Å². The lowest BCUT2D eigenvalue weighted by Crippen LogP contribution is -2.42. The van der Waals surface area contributed by atoms with Gasteiger partial charge in [-0.15, -0.1) is 0 Å². The van der Waals surface area contributed by atoms with Gasteiger partial charge >= 0.3 is 6.03 Å². The molecule has 1 aliphatic rings. The van der Waals surface area contributed by atoms with E-state index >= 15 is 0 Å². The lowest BCUT2D eigenvalue weighted by atomic mass is 10.1. The van der Waals surface area contributed by atoms with Crippen LogP contribution in [-0.2, 0) is 13.1 Å². The van der Waals surface area contributed by atoms with Crippen molar-refractivity contribution in [2.24, 2.45) is 11.8 Å². The molecule has 2 aromatic rings. The summed E-state index contributed by atoms with van der Waals surface area (Å²) in [6.45, 7) is 8.91. The first-order chi connectivity index (χ1) is 14.1. The first-order valence-corrected chi connectivity index (χ1v) is 10.6. The molecule has 3 rings (SSSR count). The molecule has 1 atom stereocenters. The fourth-order valence-corrected chi connectivity index (χ4v) is 3.46. The molecular formula is C24H33N3O2. The van der Waals surface area contributed by atoms with Crippen LogP contribution in [0.4, 0.5) is 4.79 Å². The molecule has 1 heterocycles. The Labute approximate surface area is 174 Å². The number of hydrogen-bond acceptors (Lipinski definition) is 3. The number of hydrogen-bond donors (Lipinski definition) is 2. The zero-order valence-electron chi connectivity index (χ0n) is 17.6. The van der Waals surface area contributed by atoms with Crippen molar-refractivity contribution in [1.29, 1.82) is 0 Å². The molecule has 1 saturated heterocycles. The standard InChI is InChI=1S/C24H33N3O2/c1-19(2)18-29-23-10-8-20(9-11-23)15-26-24(28)27(17-22-12-13-25-14-22)16-21-6-4-3-5-7-21/h3-11,19,22,25H,12-18H2,1-2H3,(H,26,28)/t22-/m0/s1. The van der Waals surface area contributed by atoms with E-state index in [2.05, 4.69) is 36.6 Å². The lowest BCUT2D eigenvalue weighted by molar-refractivity contribution is 0.185. The molecule has 156 valence electrons. The molecule has 2 N–H and O–H groups in total. The average molecular weight is 396 g/mol. The Kier molecular flexibility index (Phi) is 7.94. The highest BCUT2D eigenvalue weighted by atomic mass is 16.5. The Morgan fingerprint density at radius 3 is 2.55 bits per heavy atom. The van der Waals surface area contributed by atoms with Gasteiger partial charge in [0.1, 0.15) is 5.75 Å². The van der Waals surface area contributed by atoms with Gasteiger partial charge in [0.25, 0.3) is 0 Å². The third-order valence-corrected chi connectivity index (χ3v) is 5.09. The number of carbonyl (C=O) groups excluding carboxylic acids is 1. The van der Waals surface area contributed by atoms with Crippen LogP contribution in [0, 0.1) is 11.8 Å². The Morgan fingerprint density at radius 1 is 1.14 bits per heavy atom. The number of benzene rings is 2. The van der Waals surface area contributed by atoms with Crippen molar-refractivity contribution in [3.63, 3.8) is 0 Å². The van der Waals surface area contributed by atoms with Gasteiger partial charge in [-0.1, -0.05) is 56.3 Å². The van der Waals surface area contributed by atoms with Gasteiger partial charge in [-0.05, 0) is 54.6 Å². The lowest BCUT2D eigenvalue weighted by Gasteiger charge is -2.26. The van der Waals surface area contributed by atoms with Crippen molar-refractivity contribution in [1.82, 2.24) is 15.5 Å². The van der Waals surface area contributed by atoms with Crippen LogP contribution in [0.2, 0.25) is 0 Å². The van der Waals surface area contributed by atoms with Gasteiger partial charge in [0.05, 0.1) is 6.61 Å². The summed E-state index contributed by atoms with van der Waals surface area (Å²) in [6.07, 6.45) is 1.12. The summed E-state index contributed by atoms with van der Waals surface area (Å²) in [5.41, 5.74) is 2.22. The first-order valence-electron chi connectivity index (χ1n) is 10.6. The maximum absolute atomic E-state index is 12.9. The highest BCUT2D eigenvalue weighted by molar-refractivity contribution is 5.74. The maximum Gasteiger partial charge on any atom is 0.317 e. The Bertz CT molecular complexity index is 740. The molecule has 0 bridgehead atoms. The normalized spacial score (nSPS) is 16.0. The van der Waals surface area contributed by atoms with Gasteiger partial charge in [-0.3, -0.25) is 0 Å². The van der Waals surface area contributed by atoms with E-state index in [9.17, 15) is 4.79 Å². The number of nitrogens with one attached hydrogen (secondary N) is 2. The largest absolute Gasteiger partial charge is 0.493 e. The van der Waals surface area contributed by atoms with Crippen LogP contribution in [-0.4, -0.2) is 37.2 Å². The van der Waals surface area contributed by atoms with E-state index in [1.54, 1.807) is 0 Å². The number of urea groups is 1. The summed E-state index contributed by atoms with van der Waals surface area (Å²) in [6, 6.07) is 18.1. The molecule has 0 saturated carbocycles. The predicted molar refractivity (Wildman–Crippen MR) is 117 cm³/mol. The Hall–Kier alpha value is -2.53.